The number of benzene rings is 2. The number of aryl methyl sites for hydroxylation is 1. The van der Waals surface area contributed by atoms with Crippen molar-refractivity contribution in [3.63, 3.8) is 0 Å². The number of hydrogen-bond donors (Lipinski definition) is 2. The Kier molecular flexibility index (Phi) is 6.06. The van der Waals surface area contributed by atoms with Crippen molar-refractivity contribution < 1.29 is 19.4 Å². The fourth-order valence-corrected chi connectivity index (χ4v) is 4.39. The van der Waals surface area contributed by atoms with E-state index in [1.165, 1.54) is 0 Å². The van der Waals surface area contributed by atoms with Crippen LogP contribution in [0.5, 0.6) is 0 Å². The molecule has 2 aromatic carbocycles. The van der Waals surface area contributed by atoms with Gasteiger partial charge in [-0.25, -0.2) is 9.78 Å². The van der Waals surface area contributed by atoms with E-state index in [0.717, 1.165) is 27.8 Å². The Labute approximate surface area is 209 Å². The fourth-order valence-electron chi connectivity index (χ4n) is 4.39. The molecule has 1 atom stereocenters. The normalized spacial score (nSPS) is 14.6. The van der Waals surface area contributed by atoms with Crippen LogP contribution in [0.4, 0.5) is 10.6 Å². The number of aromatic nitrogens is 2. The molecular weight excluding hydrogens is 454 g/mol. The fraction of sp³-hybridized carbons (Fsp3) is 0.207. The lowest BCUT2D eigenvalue weighted by molar-refractivity contribution is -0.140. The number of rotatable bonds is 7. The van der Waals surface area contributed by atoms with Crippen LogP contribution in [0.2, 0.25) is 0 Å². The highest BCUT2D eigenvalue weighted by atomic mass is 16.6. The summed E-state index contributed by atoms with van der Waals surface area (Å²) >= 11 is 0. The van der Waals surface area contributed by atoms with E-state index in [4.69, 9.17) is 4.74 Å². The number of carbonyl (C=O) groups is 2. The maximum Gasteiger partial charge on any atom is 0.413 e. The summed E-state index contributed by atoms with van der Waals surface area (Å²) in [5.41, 5.74) is 3.81. The largest absolute Gasteiger partial charge is 0.481 e. The van der Waals surface area contributed by atoms with Crippen molar-refractivity contribution in [2.45, 2.75) is 38.2 Å². The molecule has 0 saturated heterocycles. The summed E-state index contributed by atoms with van der Waals surface area (Å²) in [7, 11) is 0. The molecule has 0 bridgehead atoms. The molecule has 36 heavy (non-hydrogen) atoms. The van der Waals surface area contributed by atoms with E-state index in [1.54, 1.807) is 10.8 Å². The molecule has 1 amide bonds. The highest BCUT2D eigenvalue weighted by molar-refractivity contribution is 5.86. The van der Waals surface area contributed by atoms with E-state index in [2.05, 4.69) is 10.3 Å². The van der Waals surface area contributed by atoms with E-state index in [0.29, 0.717) is 24.5 Å². The van der Waals surface area contributed by atoms with Gasteiger partial charge < -0.3 is 9.84 Å². The Balaban J connectivity index is 1.30. The number of pyridine rings is 1. The van der Waals surface area contributed by atoms with Crippen molar-refractivity contribution in [1.82, 2.24) is 9.55 Å². The molecule has 1 aliphatic carbocycles. The SMILES string of the molecule is Cc1ccn(-c2ccc(-c3ccc(C4(C(=O)O)CC4)cc3)cn2)c1NC(=O)OC(C)c1ccccc1. The third-order valence-corrected chi connectivity index (χ3v) is 6.79. The van der Waals surface area contributed by atoms with Gasteiger partial charge in [0, 0.05) is 18.0 Å². The topological polar surface area (TPSA) is 93.5 Å². The number of nitrogens with one attached hydrogen (secondary N) is 1. The molecule has 7 nitrogen and oxygen atoms in total. The number of nitrogens with zero attached hydrogens (tertiary/aromatic N) is 2. The summed E-state index contributed by atoms with van der Waals surface area (Å²) in [6.45, 7) is 3.74. The van der Waals surface area contributed by atoms with Gasteiger partial charge >= 0.3 is 12.1 Å². The molecule has 7 heteroatoms. The first-order valence-electron chi connectivity index (χ1n) is 11.9. The second kappa shape index (κ2) is 9.34. The van der Waals surface area contributed by atoms with Gasteiger partial charge in [-0.1, -0.05) is 54.6 Å². The Morgan fingerprint density at radius 3 is 2.31 bits per heavy atom. The molecule has 1 unspecified atom stereocenters. The third kappa shape index (κ3) is 4.47. The molecule has 2 N–H and O–H groups in total. The lowest BCUT2D eigenvalue weighted by Gasteiger charge is -2.16. The highest BCUT2D eigenvalue weighted by Gasteiger charge is 2.51. The quantitative estimate of drug-likeness (QED) is 0.324. The predicted molar refractivity (Wildman–Crippen MR) is 137 cm³/mol. The molecule has 1 aliphatic rings. The first-order chi connectivity index (χ1) is 17.4. The summed E-state index contributed by atoms with van der Waals surface area (Å²) in [6, 6.07) is 23.0. The molecule has 0 aliphatic heterocycles. The van der Waals surface area contributed by atoms with Crippen LogP contribution in [0.1, 0.15) is 42.6 Å². The number of carboxylic acids is 1. The lowest BCUT2D eigenvalue weighted by Crippen LogP contribution is -2.19. The number of aliphatic carboxylic acids is 1. The van der Waals surface area contributed by atoms with Crippen LogP contribution in [0.25, 0.3) is 16.9 Å². The molecule has 0 spiro atoms. The predicted octanol–water partition coefficient (Wildman–Crippen LogP) is 6.27. The van der Waals surface area contributed by atoms with Gasteiger partial charge in [0.1, 0.15) is 17.7 Å². The monoisotopic (exact) mass is 481 g/mol. The summed E-state index contributed by atoms with van der Waals surface area (Å²) < 4.78 is 7.37. The zero-order chi connectivity index (χ0) is 25.3. The van der Waals surface area contributed by atoms with Gasteiger partial charge in [0.2, 0.25) is 0 Å². The Bertz CT molecular complexity index is 1390. The van der Waals surface area contributed by atoms with Crippen LogP contribution in [0.3, 0.4) is 0 Å². The number of anilines is 1. The molecule has 2 aromatic heterocycles. The van der Waals surface area contributed by atoms with Crippen LogP contribution in [0.15, 0.2) is 85.2 Å². The summed E-state index contributed by atoms with van der Waals surface area (Å²) in [4.78, 5) is 28.8. The average Bonchev–Trinajstić information content (AvgIpc) is 3.64. The first kappa shape index (κ1) is 23.4. The molecule has 0 radical (unpaired) electrons. The van der Waals surface area contributed by atoms with Crippen LogP contribution in [0, 0.1) is 6.92 Å². The minimum Gasteiger partial charge on any atom is -0.481 e. The van der Waals surface area contributed by atoms with Crippen LogP contribution in [-0.2, 0) is 14.9 Å². The second-order valence-electron chi connectivity index (χ2n) is 9.17. The maximum atomic E-state index is 12.6. The molecule has 4 aromatic rings. The van der Waals surface area contributed by atoms with Crippen LogP contribution >= 0.6 is 0 Å². The number of ether oxygens (including phenoxy) is 1. The standard InChI is InChI=1S/C29H27N3O4/c1-19-14-17-32(26(19)31-28(35)36-20(2)21-6-4-3-5-7-21)25-13-10-23(18-30-25)22-8-11-24(12-9-22)29(15-16-29)27(33)34/h3-14,17-18,20H,15-16H2,1-2H3,(H,31,35)(H,33,34). The minimum absolute atomic E-state index is 0.385. The van der Waals surface area contributed by atoms with Gasteiger partial charge in [-0.2, -0.15) is 0 Å². The Morgan fingerprint density at radius 2 is 1.69 bits per heavy atom. The van der Waals surface area contributed by atoms with Gasteiger partial charge in [-0.15, -0.1) is 0 Å². The lowest BCUT2D eigenvalue weighted by atomic mass is 9.94. The van der Waals surface area contributed by atoms with E-state index in [1.807, 2.05) is 92.8 Å². The summed E-state index contributed by atoms with van der Waals surface area (Å²) in [6.07, 6.45) is 4.06. The molecule has 1 fully saturated rings. The number of carboxylic acid groups (broad SMARTS) is 1. The number of hydrogen-bond acceptors (Lipinski definition) is 4. The second-order valence-corrected chi connectivity index (χ2v) is 9.17. The van der Waals surface area contributed by atoms with Gasteiger partial charge in [0.05, 0.1) is 5.41 Å². The first-order valence-corrected chi connectivity index (χ1v) is 11.9. The maximum absolute atomic E-state index is 12.6. The molecule has 2 heterocycles. The van der Waals surface area contributed by atoms with Gasteiger partial charge in [-0.05, 0) is 67.1 Å². The van der Waals surface area contributed by atoms with Crippen LogP contribution in [-0.4, -0.2) is 26.7 Å². The van der Waals surface area contributed by atoms with Gasteiger partial charge in [0.25, 0.3) is 0 Å². The van der Waals surface area contributed by atoms with E-state index < -0.39 is 17.5 Å². The smallest absolute Gasteiger partial charge is 0.413 e. The van der Waals surface area contributed by atoms with Gasteiger partial charge in [0.15, 0.2) is 0 Å². The molecular formula is C29H27N3O4. The third-order valence-electron chi connectivity index (χ3n) is 6.79. The van der Waals surface area contributed by atoms with Crippen molar-refractivity contribution >= 4 is 17.9 Å². The van der Waals surface area contributed by atoms with Crippen LogP contribution < -0.4 is 5.32 Å². The number of amides is 1. The van der Waals surface area contributed by atoms with Crippen molar-refractivity contribution in [2.24, 2.45) is 0 Å². The molecule has 5 rings (SSSR count). The Hall–Kier alpha value is -4.39. The van der Waals surface area contributed by atoms with E-state index >= 15 is 0 Å². The van der Waals surface area contributed by atoms with Crippen molar-refractivity contribution in [3.05, 3.63) is 102 Å². The Morgan fingerprint density at radius 1 is 1.00 bits per heavy atom. The average molecular weight is 482 g/mol. The van der Waals surface area contributed by atoms with Gasteiger partial charge in [-0.3, -0.25) is 14.7 Å². The highest BCUT2D eigenvalue weighted by Crippen LogP contribution is 2.48. The van der Waals surface area contributed by atoms with Crippen molar-refractivity contribution in [1.29, 1.82) is 0 Å². The number of carbonyl (C=O) groups excluding carboxylic acids is 1. The van der Waals surface area contributed by atoms with Crippen molar-refractivity contribution in [3.8, 4) is 16.9 Å². The van der Waals surface area contributed by atoms with E-state index in [9.17, 15) is 14.7 Å². The zero-order valence-corrected chi connectivity index (χ0v) is 20.1. The summed E-state index contributed by atoms with van der Waals surface area (Å²) in [5.74, 6) is 0.483. The molecule has 1 saturated carbocycles. The van der Waals surface area contributed by atoms with Crippen molar-refractivity contribution in [2.75, 3.05) is 5.32 Å². The zero-order valence-electron chi connectivity index (χ0n) is 20.1. The molecule has 182 valence electrons. The minimum atomic E-state index is -0.758. The summed E-state index contributed by atoms with van der Waals surface area (Å²) in [5, 5.41) is 12.4. The van der Waals surface area contributed by atoms with E-state index in [-0.39, 0.29) is 6.10 Å².